The third kappa shape index (κ3) is 4.69. The molecule has 0 aliphatic carbocycles. The summed E-state index contributed by atoms with van der Waals surface area (Å²) in [5.74, 6) is -0.381. The highest BCUT2D eigenvalue weighted by atomic mass is 35.5. The fraction of sp³-hybridized carbons (Fsp3) is 0.188. The Morgan fingerprint density at radius 3 is 2.70 bits per heavy atom. The highest BCUT2D eigenvalue weighted by molar-refractivity contribution is 6.30. The molecule has 0 aliphatic rings. The van der Waals surface area contributed by atoms with Crippen LogP contribution in [-0.4, -0.2) is 22.9 Å². The van der Waals surface area contributed by atoms with Crippen molar-refractivity contribution in [3.63, 3.8) is 0 Å². The van der Waals surface area contributed by atoms with Gasteiger partial charge in [0.1, 0.15) is 5.75 Å². The molecule has 120 valence electrons. The lowest BCUT2D eigenvalue weighted by atomic mass is 10.2. The molecule has 6 nitrogen and oxygen atoms in total. The lowest BCUT2D eigenvalue weighted by Crippen LogP contribution is -2.47. The molecule has 2 amide bonds. The molecule has 1 atom stereocenters. The van der Waals surface area contributed by atoms with Gasteiger partial charge in [-0.15, -0.1) is 0 Å². The maximum Gasteiger partial charge on any atom is 0.279 e. The van der Waals surface area contributed by atoms with E-state index in [9.17, 15) is 9.59 Å². The number of aryl methyl sites for hydroxylation is 1. The summed E-state index contributed by atoms with van der Waals surface area (Å²) in [4.78, 5) is 27.6. The maximum absolute atomic E-state index is 12.0. The number of carbonyl (C=O) groups excluding carboxylic acids is 2. The number of benzene rings is 1. The molecule has 1 aromatic heterocycles. The number of amides is 2. The average Bonchev–Trinajstić information content (AvgIpc) is 2.55. The third-order valence-electron chi connectivity index (χ3n) is 3.03. The molecule has 0 spiro atoms. The number of nitrogens with one attached hydrogen (secondary N) is 2. The van der Waals surface area contributed by atoms with Crippen LogP contribution in [0.15, 0.2) is 42.7 Å². The third-order valence-corrected chi connectivity index (χ3v) is 3.27. The van der Waals surface area contributed by atoms with E-state index in [0.717, 1.165) is 5.56 Å². The molecule has 0 saturated heterocycles. The molecule has 0 bridgehead atoms. The molecule has 7 heteroatoms. The number of ether oxygens (including phenoxy) is 1. The number of aromatic nitrogens is 1. The van der Waals surface area contributed by atoms with E-state index in [0.29, 0.717) is 16.3 Å². The van der Waals surface area contributed by atoms with E-state index in [-0.39, 0.29) is 0 Å². The van der Waals surface area contributed by atoms with Crippen LogP contribution in [0, 0.1) is 6.92 Å². The number of hydrazine groups is 1. The van der Waals surface area contributed by atoms with E-state index in [4.69, 9.17) is 16.3 Å². The highest BCUT2D eigenvalue weighted by Crippen LogP contribution is 2.22. The number of halogens is 1. The molecular weight excluding hydrogens is 318 g/mol. The van der Waals surface area contributed by atoms with Crippen molar-refractivity contribution < 1.29 is 14.3 Å². The predicted octanol–water partition coefficient (Wildman–Crippen LogP) is 2.27. The van der Waals surface area contributed by atoms with Gasteiger partial charge in [0.15, 0.2) is 6.10 Å². The molecule has 2 N–H and O–H groups in total. The Morgan fingerprint density at radius 2 is 2.04 bits per heavy atom. The second-order valence-electron chi connectivity index (χ2n) is 4.85. The standard InChI is InChI=1S/C16H16ClN3O3/c1-10-8-13(17)5-6-14(10)23-11(2)15(21)19-20-16(22)12-4-3-7-18-9-12/h3-9,11H,1-2H3,(H,19,21)(H,20,22). The van der Waals surface area contributed by atoms with Gasteiger partial charge in [-0.3, -0.25) is 25.4 Å². The van der Waals surface area contributed by atoms with E-state index < -0.39 is 17.9 Å². The summed E-state index contributed by atoms with van der Waals surface area (Å²) in [6.45, 7) is 3.41. The van der Waals surface area contributed by atoms with Gasteiger partial charge in [-0.05, 0) is 49.7 Å². The molecule has 0 fully saturated rings. The Hall–Kier alpha value is -2.60. The highest BCUT2D eigenvalue weighted by Gasteiger charge is 2.16. The smallest absolute Gasteiger partial charge is 0.279 e. The summed E-state index contributed by atoms with van der Waals surface area (Å²) < 4.78 is 5.57. The first kappa shape index (κ1) is 16.8. The monoisotopic (exact) mass is 333 g/mol. The first-order valence-electron chi connectivity index (χ1n) is 6.90. The summed E-state index contributed by atoms with van der Waals surface area (Å²) in [5, 5.41) is 0.593. The Labute approximate surface area is 138 Å². The van der Waals surface area contributed by atoms with Crippen molar-refractivity contribution in [3.8, 4) is 5.75 Å². The van der Waals surface area contributed by atoms with Crippen molar-refractivity contribution >= 4 is 23.4 Å². The zero-order valence-corrected chi connectivity index (χ0v) is 13.4. The normalized spacial score (nSPS) is 11.4. The summed E-state index contributed by atoms with van der Waals surface area (Å²) in [5.41, 5.74) is 5.78. The first-order chi connectivity index (χ1) is 11.0. The first-order valence-corrected chi connectivity index (χ1v) is 7.28. The van der Waals surface area contributed by atoms with Crippen LogP contribution in [-0.2, 0) is 4.79 Å². The van der Waals surface area contributed by atoms with E-state index in [1.165, 1.54) is 6.20 Å². The van der Waals surface area contributed by atoms with Crippen LogP contribution in [0.25, 0.3) is 0 Å². The number of pyridine rings is 1. The molecule has 1 heterocycles. The quantitative estimate of drug-likeness (QED) is 0.841. The molecule has 0 aliphatic heterocycles. The predicted molar refractivity (Wildman–Crippen MR) is 86.1 cm³/mol. The molecule has 1 unspecified atom stereocenters. The Morgan fingerprint density at radius 1 is 1.26 bits per heavy atom. The number of nitrogens with zero attached hydrogens (tertiary/aromatic N) is 1. The number of hydrogen-bond acceptors (Lipinski definition) is 4. The number of carbonyl (C=O) groups is 2. The van der Waals surface area contributed by atoms with Crippen molar-refractivity contribution in [2.75, 3.05) is 0 Å². The van der Waals surface area contributed by atoms with Crippen molar-refractivity contribution in [2.45, 2.75) is 20.0 Å². The molecular formula is C16H16ClN3O3. The maximum atomic E-state index is 12.0. The summed E-state index contributed by atoms with van der Waals surface area (Å²) in [6, 6.07) is 8.33. The molecule has 23 heavy (non-hydrogen) atoms. The van der Waals surface area contributed by atoms with E-state index in [2.05, 4.69) is 15.8 Å². The van der Waals surface area contributed by atoms with E-state index >= 15 is 0 Å². The van der Waals surface area contributed by atoms with Gasteiger partial charge in [-0.25, -0.2) is 0 Å². The molecule has 2 rings (SSSR count). The molecule has 1 aromatic carbocycles. The van der Waals surface area contributed by atoms with Crippen molar-refractivity contribution in [1.29, 1.82) is 0 Å². The summed E-state index contributed by atoms with van der Waals surface area (Å²) in [7, 11) is 0. The molecule has 2 aromatic rings. The second-order valence-corrected chi connectivity index (χ2v) is 5.29. The van der Waals surface area contributed by atoms with E-state index in [1.807, 2.05) is 6.92 Å². The lowest BCUT2D eigenvalue weighted by Gasteiger charge is -2.16. The van der Waals surface area contributed by atoms with Crippen molar-refractivity contribution in [2.24, 2.45) is 0 Å². The zero-order chi connectivity index (χ0) is 16.8. The topological polar surface area (TPSA) is 80.3 Å². The summed E-state index contributed by atoms with van der Waals surface area (Å²) in [6.07, 6.45) is 2.17. The minimum atomic E-state index is -0.788. The van der Waals surface area contributed by atoms with Crippen molar-refractivity contribution in [3.05, 3.63) is 58.9 Å². The summed E-state index contributed by atoms with van der Waals surface area (Å²) >= 11 is 5.87. The largest absolute Gasteiger partial charge is 0.481 e. The van der Waals surface area contributed by atoms with Crippen LogP contribution < -0.4 is 15.6 Å². The molecule has 0 radical (unpaired) electrons. The zero-order valence-electron chi connectivity index (χ0n) is 12.7. The fourth-order valence-corrected chi connectivity index (χ4v) is 2.00. The Balaban J connectivity index is 1.89. The van der Waals surface area contributed by atoms with Crippen LogP contribution >= 0.6 is 11.6 Å². The SMILES string of the molecule is Cc1cc(Cl)ccc1OC(C)C(=O)NNC(=O)c1cccnc1. The minimum absolute atomic E-state index is 0.343. The van der Waals surface area contributed by atoms with Crippen molar-refractivity contribution in [1.82, 2.24) is 15.8 Å². The van der Waals surface area contributed by atoms with Gasteiger partial charge >= 0.3 is 0 Å². The van der Waals surface area contributed by atoms with Crippen LogP contribution in [0.4, 0.5) is 0 Å². The van der Waals surface area contributed by atoms with Gasteiger partial charge in [0.25, 0.3) is 11.8 Å². The Bertz CT molecular complexity index is 707. The second kappa shape index (κ2) is 7.60. The van der Waals surface area contributed by atoms with Gasteiger partial charge in [0.2, 0.25) is 0 Å². The molecule has 0 saturated carbocycles. The van der Waals surface area contributed by atoms with Gasteiger partial charge in [-0.1, -0.05) is 11.6 Å². The van der Waals surface area contributed by atoms with Gasteiger partial charge in [0, 0.05) is 17.4 Å². The van der Waals surface area contributed by atoms with Crippen LogP contribution in [0.3, 0.4) is 0 Å². The van der Waals surface area contributed by atoms with E-state index in [1.54, 1.807) is 43.5 Å². The number of rotatable bonds is 4. The van der Waals surface area contributed by atoms with Crippen LogP contribution in [0.5, 0.6) is 5.75 Å². The van der Waals surface area contributed by atoms with Gasteiger partial charge in [0.05, 0.1) is 5.56 Å². The number of hydrogen-bond donors (Lipinski definition) is 2. The van der Waals surface area contributed by atoms with Gasteiger partial charge in [-0.2, -0.15) is 0 Å². The lowest BCUT2D eigenvalue weighted by molar-refractivity contribution is -0.128. The minimum Gasteiger partial charge on any atom is -0.481 e. The van der Waals surface area contributed by atoms with Crippen LogP contribution in [0.1, 0.15) is 22.8 Å². The average molecular weight is 334 g/mol. The Kier molecular flexibility index (Phi) is 5.54. The van der Waals surface area contributed by atoms with Crippen LogP contribution in [0.2, 0.25) is 5.02 Å². The van der Waals surface area contributed by atoms with Gasteiger partial charge < -0.3 is 4.74 Å². The fourth-order valence-electron chi connectivity index (χ4n) is 1.78.